The van der Waals surface area contributed by atoms with Gasteiger partial charge in [-0.15, -0.1) is 0 Å². The van der Waals surface area contributed by atoms with Crippen molar-refractivity contribution in [1.29, 1.82) is 0 Å². The van der Waals surface area contributed by atoms with Gasteiger partial charge < -0.3 is 10.0 Å². The van der Waals surface area contributed by atoms with Gasteiger partial charge in [-0.05, 0) is 36.5 Å². The Kier molecular flexibility index (Phi) is 5.32. The fourth-order valence-electron chi connectivity index (χ4n) is 3.16. The molecule has 2 rings (SSSR count). The van der Waals surface area contributed by atoms with Gasteiger partial charge in [-0.1, -0.05) is 19.9 Å². The van der Waals surface area contributed by atoms with E-state index in [1.54, 1.807) is 11.0 Å². The molecule has 1 aliphatic heterocycles. The summed E-state index contributed by atoms with van der Waals surface area (Å²) < 4.78 is 23.5. The molecular formula is C17H23NO5S. The van der Waals surface area contributed by atoms with Crippen molar-refractivity contribution in [3.63, 3.8) is 0 Å². The van der Waals surface area contributed by atoms with E-state index in [0.29, 0.717) is 31.5 Å². The third-order valence-electron chi connectivity index (χ3n) is 4.63. The van der Waals surface area contributed by atoms with Gasteiger partial charge in [0, 0.05) is 24.9 Å². The maximum absolute atomic E-state index is 12.9. The van der Waals surface area contributed by atoms with E-state index in [4.69, 9.17) is 0 Å². The number of amides is 1. The summed E-state index contributed by atoms with van der Waals surface area (Å²) in [5, 5.41) is 9.19. The van der Waals surface area contributed by atoms with E-state index in [9.17, 15) is 23.1 Å². The Labute approximate surface area is 142 Å². The van der Waals surface area contributed by atoms with Crippen LogP contribution in [0.2, 0.25) is 0 Å². The lowest BCUT2D eigenvalue weighted by molar-refractivity contribution is -0.145. The molecule has 7 heteroatoms. The summed E-state index contributed by atoms with van der Waals surface area (Å²) in [7, 11) is -3.39. The van der Waals surface area contributed by atoms with Crippen LogP contribution in [0.15, 0.2) is 23.1 Å². The molecule has 6 nitrogen and oxygen atoms in total. The largest absolute Gasteiger partial charge is 0.481 e. The topological polar surface area (TPSA) is 91.8 Å². The quantitative estimate of drug-likeness (QED) is 0.892. The smallest absolute Gasteiger partial charge is 0.306 e. The maximum atomic E-state index is 12.9. The molecule has 1 aromatic rings. The van der Waals surface area contributed by atoms with Gasteiger partial charge >= 0.3 is 5.97 Å². The van der Waals surface area contributed by atoms with Crippen molar-refractivity contribution in [2.45, 2.75) is 31.6 Å². The van der Waals surface area contributed by atoms with Crippen LogP contribution in [0.3, 0.4) is 0 Å². The lowest BCUT2D eigenvalue weighted by atomic mass is 9.86. The minimum absolute atomic E-state index is 0.122. The van der Waals surface area contributed by atoms with Crippen molar-refractivity contribution in [1.82, 2.24) is 4.90 Å². The summed E-state index contributed by atoms with van der Waals surface area (Å²) in [6.45, 7) is 4.46. The minimum atomic E-state index is -3.39. The fourth-order valence-corrected chi connectivity index (χ4v) is 3.81. The number of carboxylic acids is 1. The second-order valence-corrected chi connectivity index (χ2v) is 8.42. The number of rotatable bonds is 4. The fraction of sp³-hybridized carbons (Fsp3) is 0.529. The van der Waals surface area contributed by atoms with Gasteiger partial charge in [-0.3, -0.25) is 9.59 Å². The van der Waals surface area contributed by atoms with Crippen LogP contribution >= 0.6 is 0 Å². The monoisotopic (exact) mass is 353 g/mol. The molecule has 24 heavy (non-hydrogen) atoms. The number of aryl methyl sites for hydroxylation is 1. The molecule has 0 spiro atoms. The highest BCUT2D eigenvalue weighted by Crippen LogP contribution is 2.26. The van der Waals surface area contributed by atoms with Crippen LogP contribution in [0.1, 0.15) is 36.2 Å². The predicted octanol–water partition coefficient (Wildman–Crippen LogP) is 1.84. The molecular weight excluding hydrogens is 330 g/mol. The first-order valence-corrected chi connectivity index (χ1v) is 9.89. The van der Waals surface area contributed by atoms with Crippen LogP contribution in [0.4, 0.5) is 0 Å². The van der Waals surface area contributed by atoms with Gasteiger partial charge in [0.2, 0.25) is 0 Å². The van der Waals surface area contributed by atoms with Gasteiger partial charge in [0.1, 0.15) is 0 Å². The molecule has 0 radical (unpaired) electrons. The highest BCUT2D eigenvalue weighted by Gasteiger charge is 2.33. The number of nitrogens with zero attached hydrogens (tertiary/aromatic N) is 1. The number of piperidine rings is 1. The highest BCUT2D eigenvalue weighted by atomic mass is 32.2. The number of carboxylic acid groups (broad SMARTS) is 1. The van der Waals surface area contributed by atoms with Gasteiger partial charge in [0.25, 0.3) is 5.91 Å². The first-order valence-electron chi connectivity index (χ1n) is 8.00. The van der Waals surface area contributed by atoms with E-state index in [2.05, 4.69) is 0 Å². The Hall–Kier alpha value is -1.89. The molecule has 0 aliphatic carbocycles. The second kappa shape index (κ2) is 6.93. The Balaban J connectivity index is 2.31. The number of likely N-dealkylation sites (tertiary alicyclic amines) is 1. The number of hydrogen-bond acceptors (Lipinski definition) is 4. The van der Waals surface area contributed by atoms with E-state index in [-0.39, 0.29) is 16.7 Å². The van der Waals surface area contributed by atoms with E-state index < -0.39 is 21.7 Å². The normalized spacial score (nSPS) is 21.5. The van der Waals surface area contributed by atoms with Gasteiger partial charge in [0.05, 0.1) is 10.8 Å². The predicted molar refractivity (Wildman–Crippen MR) is 89.7 cm³/mol. The first-order chi connectivity index (χ1) is 11.1. The molecule has 0 saturated carbocycles. The summed E-state index contributed by atoms with van der Waals surface area (Å²) >= 11 is 0. The number of carbonyl (C=O) groups is 2. The maximum Gasteiger partial charge on any atom is 0.306 e. The third kappa shape index (κ3) is 3.77. The van der Waals surface area contributed by atoms with Crippen molar-refractivity contribution < 1.29 is 23.1 Å². The molecule has 0 bridgehead atoms. The van der Waals surface area contributed by atoms with E-state index in [1.165, 1.54) is 12.1 Å². The molecule has 1 amide bonds. The zero-order chi connectivity index (χ0) is 18.1. The van der Waals surface area contributed by atoms with Crippen LogP contribution < -0.4 is 0 Å². The number of benzene rings is 1. The third-order valence-corrected chi connectivity index (χ3v) is 5.74. The number of sulfone groups is 1. The molecule has 1 heterocycles. The zero-order valence-corrected chi connectivity index (χ0v) is 15.0. The number of carbonyl (C=O) groups excluding carboxylic acids is 1. The Morgan fingerprint density at radius 1 is 1.33 bits per heavy atom. The lowest BCUT2D eigenvalue weighted by Crippen LogP contribution is -2.45. The van der Waals surface area contributed by atoms with Crippen molar-refractivity contribution in [2.75, 3.05) is 19.3 Å². The van der Waals surface area contributed by atoms with E-state index >= 15 is 0 Å². The Morgan fingerprint density at radius 2 is 2.00 bits per heavy atom. The molecule has 2 unspecified atom stereocenters. The summed E-state index contributed by atoms with van der Waals surface area (Å²) in [6, 6.07) is 4.63. The molecule has 1 saturated heterocycles. The average molecular weight is 353 g/mol. The average Bonchev–Trinajstić information content (AvgIpc) is 2.52. The van der Waals surface area contributed by atoms with E-state index in [1.807, 2.05) is 13.8 Å². The van der Waals surface area contributed by atoms with Crippen molar-refractivity contribution >= 4 is 21.7 Å². The number of aliphatic carboxylic acids is 1. The second-order valence-electron chi connectivity index (χ2n) is 6.41. The molecule has 0 aromatic heterocycles. The summed E-state index contributed by atoms with van der Waals surface area (Å²) in [4.78, 5) is 25.8. The summed E-state index contributed by atoms with van der Waals surface area (Å²) in [6.07, 6.45) is 2.14. The highest BCUT2D eigenvalue weighted by molar-refractivity contribution is 7.90. The van der Waals surface area contributed by atoms with Crippen LogP contribution in [0.5, 0.6) is 0 Å². The molecule has 1 fully saturated rings. The van der Waals surface area contributed by atoms with Crippen LogP contribution in [0, 0.1) is 11.8 Å². The van der Waals surface area contributed by atoms with E-state index in [0.717, 1.165) is 11.8 Å². The molecule has 132 valence electrons. The van der Waals surface area contributed by atoms with Gasteiger partial charge in [-0.2, -0.15) is 0 Å². The molecule has 1 aromatic carbocycles. The molecule has 1 aliphatic rings. The zero-order valence-electron chi connectivity index (χ0n) is 14.2. The number of hydrogen-bond donors (Lipinski definition) is 1. The summed E-state index contributed by atoms with van der Waals surface area (Å²) in [5.41, 5.74) is 1.18. The SMILES string of the molecule is CCc1ccc(S(C)(=O)=O)cc1C(=O)N1CCC(C(=O)O)C(C)C1. The van der Waals surface area contributed by atoms with Crippen molar-refractivity contribution in [2.24, 2.45) is 11.8 Å². The summed E-state index contributed by atoms with van der Waals surface area (Å²) in [5.74, 6) is -1.64. The van der Waals surface area contributed by atoms with Gasteiger partial charge in [-0.25, -0.2) is 8.42 Å². The standard InChI is InChI=1S/C17H23NO5S/c1-4-12-5-6-13(24(3,22)23)9-15(12)16(19)18-8-7-14(17(20)21)11(2)10-18/h5-6,9,11,14H,4,7-8,10H2,1-3H3,(H,20,21). The van der Waals surface area contributed by atoms with Gasteiger partial charge in [0.15, 0.2) is 9.84 Å². The van der Waals surface area contributed by atoms with Crippen molar-refractivity contribution in [3.05, 3.63) is 29.3 Å². The lowest BCUT2D eigenvalue weighted by Gasteiger charge is -2.35. The van der Waals surface area contributed by atoms with Crippen molar-refractivity contribution in [3.8, 4) is 0 Å². The molecule has 2 atom stereocenters. The minimum Gasteiger partial charge on any atom is -0.481 e. The molecule has 1 N–H and O–H groups in total. The van der Waals surface area contributed by atoms with Crippen LogP contribution in [-0.4, -0.2) is 49.6 Å². The van der Waals surface area contributed by atoms with Crippen LogP contribution in [-0.2, 0) is 21.1 Å². The Bertz CT molecular complexity index is 756. The Morgan fingerprint density at radius 3 is 2.50 bits per heavy atom. The first kappa shape index (κ1) is 18.4. The van der Waals surface area contributed by atoms with Crippen LogP contribution in [0.25, 0.3) is 0 Å².